The third-order valence-corrected chi connectivity index (χ3v) is 4.02. The third kappa shape index (κ3) is 4.97. The van der Waals surface area contributed by atoms with Gasteiger partial charge in [-0.3, -0.25) is 9.59 Å². The second kappa shape index (κ2) is 9.22. The predicted octanol–water partition coefficient (Wildman–Crippen LogP) is 3.65. The summed E-state index contributed by atoms with van der Waals surface area (Å²) in [5.74, 6) is -1.35. The van der Waals surface area contributed by atoms with Gasteiger partial charge in [-0.2, -0.15) is 5.10 Å². The first-order valence-corrected chi connectivity index (χ1v) is 8.47. The molecule has 0 saturated heterocycles. The standard InChI is InChI=1S/C18H17Cl2N3O3/c1-3-12-6-4-5-7-15(12)22-17(24)18(25)23-21-10-11-8-13(19)16(26-2)14(20)9-11/h4-10H,3H2,1-2H3,(H,22,24)(H,23,25)/b21-10-. The summed E-state index contributed by atoms with van der Waals surface area (Å²) in [4.78, 5) is 23.8. The second-order valence-corrected chi connectivity index (χ2v) is 6.00. The Balaban J connectivity index is 1.99. The number of halogens is 2. The van der Waals surface area contributed by atoms with Crippen LogP contribution in [-0.4, -0.2) is 25.1 Å². The van der Waals surface area contributed by atoms with Gasteiger partial charge in [0.1, 0.15) is 0 Å². The molecule has 0 bridgehead atoms. The molecule has 26 heavy (non-hydrogen) atoms. The molecule has 0 unspecified atom stereocenters. The monoisotopic (exact) mass is 393 g/mol. The highest BCUT2D eigenvalue weighted by atomic mass is 35.5. The number of nitrogens with zero attached hydrogens (tertiary/aromatic N) is 1. The number of benzene rings is 2. The molecule has 136 valence electrons. The summed E-state index contributed by atoms with van der Waals surface area (Å²) in [5, 5.41) is 6.91. The fourth-order valence-electron chi connectivity index (χ4n) is 2.19. The van der Waals surface area contributed by atoms with Crippen LogP contribution in [0.3, 0.4) is 0 Å². The molecular weight excluding hydrogens is 377 g/mol. The highest BCUT2D eigenvalue weighted by molar-refractivity contribution is 6.39. The molecule has 0 atom stereocenters. The topological polar surface area (TPSA) is 79.8 Å². The number of amides is 2. The molecular formula is C18H17Cl2N3O3. The first kappa shape index (κ1) is 19.8. The van der Waals surface area contributed by atoms with Crippen molar-refractivity contribution in [2.45, 2.75) is 13.3 Å². The predicted molar refractivity (Wildman–Crippen MR) is 103 cm³/mol. The minimum absolute atomic E-state index is 0.307. The number of ether oxygens (including phenoxy) is 1. The maximum absolute atomic E-state index is 12.0. The van der Waals surface area contributed by atoms with E-state index in [2.05, 4.69) is 15.8 Å². The number of methoxy groups -OCH3 is 1. The van der Waals surface area contributed by atoms with E-state index in [1.54, 1.807) is 24.3 Å². The van der Waals surface area contributed by atoms with Gasteiger partial charge in [0.2, 0.25) is 0 Å². The van der Waals surface area contributed by atoms with E-state index < -0.39 is 11.8 Å². The van der Waals surface area contributed by atoms with Crippen LogP contribution in [0.15, 0.2) is 41.5 Å². The van der Waals surface area contributed by atoms with Crippen LogP contribution < -0.4 is 15.5 Å². The van der Waals surface area contributed by atoms with Crippen LogP contribution in [0.4, 0.5) is 5.69 Å². The number of rotatable bonds is 5. The molecule has 2 rings (SSSR count). The van der Waals surface area contributed by atoms with Crippen molar-refractivity contribution in [2.75, 3.05) is 12.4 Å². The Labute approximate surface area is 161 Å². The molecule has 0 aliphatic carbocycles. The van der Waals surface area contributed by atoms with E-state index in [4.69, 9.17) is 27.9 Å². The van der Waals surface area contributed by atoms with Gasteiger partial charge in [-0.1, -0.05) is 48.3 Å². The van der Waals surface area contributed by atoms with Crippen molar-refractivity contribution < 1.29 is 14.3 Å². The average molecular weight is 394 g/mol. The fraction of sp³-hybridized carbons (Fsp3) is 0.167. The van der Waals surface area contributed by atoms with Crippen molar-refractivity contribution >= 4 is 46.9 Å². The summed E-state index contributed by atoms with van der Waals surface area (Å²) in [6, 6.07) is 10.4. The number of aryl methyl sites for hydroxylation is 1. The maximum atomic E-state index is 12.0. The maximum Gasteiger partial charge on any atom is 0.329 e. The average Bonchev–Trinajstić information content (AvgIpc) is 2.61. The Morgan fingerprint density at radius 2 is 1.81 bits per heavy atom. The van der Waals surface area contributed by atoms with Gasteiger partial charge in [-0.15, -0.1) is 0 Å². The van der Waals surface area contributed by atoms with Gasteiger partial charge in [0.25, 0.3) is 0 Å². The molecule has 6 nitrogen and oxygen atoms in total. The minimum atomic E-state index is -0.891. The van der Waals surface area contributed by atoms with Crippen molar-refractivity contribution in [2.24, 2.45) is 5.10 Å². The normalized spacial score (nSPS) is 10.6. The quantitative estimate of drug-likeness (QED) is 0.462. The highest BCUT2D eigenvalue weighted by Gasteiger charge is 2.14. The fourth-order valence-corrected chi connectivity index (χ4v) is 2.85. The molecule has 2 N–H and O–H groups in total. The van der Waals surface area contributed by atoms with Crippen LogP contribution >= 0.6 is 23.2 Å². The first-order chi connectivity index (χ1) is 12.5. The number of carbonyl (C=O) groups excluding carboxylic acids is 2. The Hall–Kier alpha value is -2.57. The lowest BCUT2D eigenvalue weighted by molar-refractivity contribution is -0.136. The lowest BCUT2D eigenvalue weighted by Gasteiger charge is -2.08. The molecule has 2 aromatic carbocycles. The van der Waals surface area contributed by atoms with Crippen LogP contribution in [0.2, 0.25) is 10.0 Å². The first-order valence-electron chi connectivity index (χ1n) is 7.71. The highest BCUT2D eigenvalue weighted by Crippen LogP contribution is 2.33. The summed E-state index contributed by atoms with van der Waals surface area (Å²) in [5.41, 5.74) is 4.22. The smallest absolute Gasteiger partial charge is 0.329 e. The van der Waals surface area contributed by atoms with E-state index in [0.29, 0.717) is 27.0 Å². The van der Waals surface area contributed by atoms with Crippen LogP contribution in [0.25, 0.3) is 0 Å². The molecule has 2 amide bonds. The lowest BCUT2D eigenvalue weighted by atomic mass is 10.1. The molecule has 0 saturated carbocycles. The zero-order chi connectivity index (χ0) is 19.1. The summed E-state index contributed by atoms with van der Waals surface area (Å²) < 4.78 is 5.05. The van der Waals surface area contributed by atoms with Crippen LogP contribution in [0.1, 0.15) is 18.1 Å². The van der Waals surface area contributed by atoms with Gasteiger partial charge in [0.05, 0.1) is 23.4 Å². The van der Waals surface area contributed by atoms with Crippen molar-refractivity contribution in [3.8, 4) is 5.75 Å². The zero-order valence-corrected chi connectivity index (χ0v) is 15.7. The summed E-state index contributed by atoms with van der Waals surface area (Å²) >= 11 is 12.0. The SMILES string of the molecule is CCc1ccccc1NC(=O)C(=O)N/N=C\c1cc(Cl)c(OC)c(Cl)c1. The van der Waals surface area contributed by atoms with E-state index in [9.17, 15) is 9.59 Å². The molecule has 8 heteroatoms. The number of nitrogens with one attached hydrogen (secondary N) is 2. The Bertz CT molecular complexity index is 830. The molecule has 0 radical (unpaired) electrons. The summed E-state index contributed by atoms with van der Waals surface area (Å²) in [7, 11) is 1.45. The molecule has 0 fully saturated rings. The van der Waals surface area contributed by atoms with Crippen LogP contribution in [0.5, 0.6) is 5.75 Å². The molecule has 0 aliphatic heterocycles. The number of hydrogen-bond donors (Lipinski definition) is 2. The van der Waals surface area contributed by atoms with Crippen molar-refractivity contribution in [1.82, 2.24) is 5.43 Å². The minimum Gasteiger partial charge on any atom is -0.494 e. The molecule has 0 aliphatic rings. The number of para-hydroxylation sites is 1. The van der Waals surface area contributed by atoms with Gasteiger partial charge < -0.3 is 10.1 Å². The number of hydrogen-bond acceptors (Lipinski definition) is 4. The molecule has 0 spiro atoms. The van der Waals surface area contributed by atoms with E-state index >= 15 is 0 Å². The van der Waals surface area contributed by atoms with Gasteiger partial charge in [-0.05, 0) is 35.7 Å². The van der Waals surface area contributed by atoms with E-state index in [1.807, 2.05) is 19.1 Å². The van der Waals surface area contributed by atoms with Gasteiger partial charge >= 0.3 is 11.8 Å². The second-order valence-electron chi connectivity index (χ2n) is 5.18. The van der Waals surface area contributed by atoms with Crippen LogP contribution in [-0.2, 0) is 16.0 Å². The largest absolute Gasteiger partial charge is 0.494 e. The van der Waals surface area contributed by atoms with Gasteiger partial charge in [0.15, 0.2) is 5.75 Å². The third-order valence-electron chi connectivity index (χ3n) is 3.46. The van der Waals surface area contributed by atoms with Gasteiger partial charge in [0, 0.05) is 5.69 Å². The van der Waals surface area contributed by atoms with Crippen molar-refractivity contribution in [3.05, 3.63) is 57.6 Å². The Morgan fingerprint density at radius 1 is 1.15 bits per heavy atom. The van der Waals surface area contributed by atoms with E-state index in [1.165, 1.54) is 13.3 Å². The lowest BCUT2D eigenvalue weighted by Crippen LogP contribution is -2.32. The number of anilines is 1. The van der Waals surface area contributed by atoms with Crippen LogP contribution in [0, 0.1) is 0 Å². The molecule has 0 heterocycles. The van der Waals surface area contributed by atoms with Crippen molar-refractivity contribution in [3.63, 3.8) is 0 Å². The van der Waals surface area contributed by atoms with Crippen molar-refractivity contribution in [1.29, 1.82) is 0 Å². The molecule has 2 aromatic rings. The zero-order valence-electron chi connectivity index (χ0n) is 14.2. The number of carbonyl (C=O) groups is 2. The number of hydrazone groups is 1. The van der Waals surface area contributed by atoms with E-state index in [-0.39, 0.29) is 0 Å². The van der Waals surface area contributed by atoms with Gasteiger partial charge in [-0.25, -0.2) is 5.43 Å². The Morgan fingerprint density at radius 3 is 2.42 bits per heavy atom. The summed E-state index contributed by atoms with van der Waals surface area (Å²) in [6.07, 6.45) is 2.05. The Kier molecular flexibility index (Phi) is 7.00. The summed E-state index contributed by atoms with van der Waals surface area (Å²) in [6.45, 7) is 1.96. The van der Waals surface area contributed by atoms with E-state index in [0.717, 1.165) is 12.0 Å². The molecule has 0 aromatic heterocycles.